The van der Waals surface area contributed by atoms with Crippen molar-refractivity contribution in [2.45, 2.75) is 5.38 Å². The third kappa shape index (κ3) is 2.72. The number of fused-ring (bicyclic) bond motifs is 1. The molecule has 1 atom stereocenters. The molecule has 0 saturated carbocycles. The van der Waals surface area contributed by atoms with Crippen LogP contribution in [0, 0.1) is 3.57 Å². The van der Waals surface area contributed by atoms with Crippen LogP contribution in [0.3, 0.4) is 0 Å². The Labute approximate surface area is 144 Å². The molecule has 3 aromatic rings. The Balaban J connectivity index is 2.11. The number of aromatic nitrogens is 1. The van der Waals surface area contributed by atoms with Crippen LogP contribution in [0.25, 0.3) is 11.1 Å². The first kappa shape index (κ1) is 14.9. The lowest BCUT2D eigenvalue weighted by Crippen LogP contribution is -2.08. The van der Waals surface area contributed by atoms with Gasteiger partial charge in [-0.2, -0.15) is 0 Å². The first-order valence-electron chi connectivity index (χ1n) is 6.16. The molecular formula is C15H10Cl2INO2. The number of aryl methyl sites for hydroxylation is 1. The second-order valence-electron chi connectivity index (χ2n) is 4.68. The molecule has 6 heteroatoms. The zero-order valence-electron chi connectivity index (χ0n) is 10.9. The number of hydrogen-bond acceptors (Lipinski definition) is 2. The smallest absolute Gasteiger partial charge is 0.408 e. The van der Waals surface area contributed by atoms with Crippen LogP contribution in [0.1, 0.15) is 16.5 Å². The van der Waals surface area contributed by atoms with Crippen LogP contribution < -0.4 is 5.76 Å². The van der Waals surface area contributed by atoms with Gasteiger partial charge in [0, 0.05) is 15.6 Å². The zero-order chi connectivity index (χ0) is 15.1. The average molecular weight is 434 g/mol. The van der Waals surface area contributed by atoms with Crippen LogP contribution in [-0.4, -0.2) is 4.57 Å². The Morgan fingerprint density at radius 1 is 1.24 bits per heavy atom. The van der Waals surface area contributed by atoms with E-state index < -0.39 is 0 Å². The molecular weight excluding hydrogens is 424 g/mol. The van der Waals surface area contributed by atoms with Crippen molar-refractivity contribution in [3.8, 4) is 0 Å². The molecule has 0 radical (unpaired) electrons. The Morgan fingerprint density at radius 3 is 2.76 bits per heavy atom. The van der Waals surface area contributed by atoms with Gasteiger partial charge in [0.15, 0.2) is 5.58 Å². The van der Waals surface area contributed by atoms with Gasteiger partial charge in [-0.3, -0.25) is 4.57 Å². The molecule has 0 fully saturated rings. The SMILES string of the molecule is Cn1c(=O)oc2cc(C(Cl)c3cc(Cl)ccc3I)ccc21. The van der Waals surface area contributed by atoms with Gasteiger partial charge in [0.2, 0.25) is 0 Å². The van der Waals surface area contributed by atoms with Crippen LogP contribution in [-0.2, 0) is 7.05 Å². The third-order valence-corrected chi connectivity index (χ3v) is 5.04. The number of oxazole rings is 1. The largest absolute Gasteiger partial charge is 0.419 e. The first-order chi connectivity index (χ1) is 9.97. The van der Waals surface area contributed by atoms with Gasteiger partial charge in [0.05, 0.1) is 10.9 Å². The normalized spacial score (nSPS) is 12.8. The maximum absolute atomic E-state index is 11.5. The maximum Gasteiger partial charge on any atom is 0.419 e. The van der Waals surface area contributed by atoms with E-state index >= 15 is 0 Å². The summed E-state index contributed by atoms with van der Waals surface area (Å²) in [5, 5.41) is 0.286. The van der Waals surface area contributed by atoms with Crippen LogP contribution in [0.2, 0.25) is 5.02 Å². The van der Waals surface area contributed by atoms with Gasteiger partial charge in [-0.25, -0.2) is 4.79 Å². The molecule has 0 N–H and O–H groups in total. The van der Waals surface area contributed by atoms with Gasteiger partial charge in [0.25, 0.3) is 0 Å². The number of rotatable bonds is 2. The van der Waals surface area contributed by atoms with Crippen molar-refractivity contribution in [2.24, 2.45) is 7.05 Å². The zero-order valence-corrected chi connectivity index (χ0v) is 14.6. The highest BCUT2D eigenvalue weighted by Gasteiger charge is 2.16. The molecule has 0 spiro atoms. The standard InChI is InChI=1S/C15H10Cl2INO2/c1-19-12-5-2-8(6-13(12)21-15(19)20)14(17)10-7-9(16)3-4-11(10)18/h2-7,14H,1H3. The molecule has 0 bridgehead atoms. The van der Waals surface area contributed by atoms with Crippen LogP contribution in [0.4, 0.5) is 0 Å². The topological polar surface area (TPSA) is 35.1 Å². The Bertz CT molecular complexity index is 885. The maximum atomic E-state index is 11.5. The Kier molecular flexibility index (Phi) is 4.03. The van der Waals surface area contributed by atoms with E-state index in [-0.39, 0.29) is 11.1 Å². The summed E-state index contributed by atoms with van der Waals surface area (Å²) in [4.78, 5) is 11.5. The van der Waals surface area contributed by atoms with E-state index in [1.165, 1.54) is 4.57 Å². The van der Waals surface area contributed by atoms with Crippen LogP contribution in [0.15, 0.2) is 45.6 Å². The summed E-state index contributed by atoms with van der Waals surface area (Å²) in [6.45, 7) is 0. The summed E-state index contributed by atoms with van der Waals surface area (Å²) in [6.07, 6.45) is 0. The summed E-state index contributed by atoms with van der Waals surface area (Å²) < 4.78 is 7.70. The van der Waals surface area contributed by atoms with E-state index in [1.807, 2.05) is 30.3 Å². The van der Waals surface area contributed by atoms with Crippen molar-refractivity contribution in [1.82, 2.24) is 4.57 Å². The third-order valence-electron chi connectivity index (χ3n) is 3.34. The van der Waals surface area contributed by atoms with Gasteiger partial charge in [-0.15, -0.1) is 11.6 Å². The lowest BCUT2D eigenvalue weighted by atomic mass is 10.0. The van der Waals surface area contributed by atoms with Crippen LogP contribution >= 0.6 is 45.8 Å². The second kappa shape index (κ2) is 5.66. The molecule has 21 heavy (non-hydrogen) atoms. The molecule has 0 aliphatic rings. The second-order valence-corrected chi connectivity index (χ2v) is 6.72. The minimum atomic E-state index is -0.384. The van der Waals surface area contributed by atoms with E-state index in [2.05, 4.69) is 22.6 Å². The molecule has 0 amide bonds. The minimum absolute atomic E-state index is 0.356. The van der Waals surface area contributed by atoms with E-state index in [9.17, 15) is 4.79 Å². The van der Waals surface area contributed by atoms with Crippen molar-refractivity contribution in [3.63, 3.8) is 0 Å². The molecule has 0 aliphatic heterocycles. The summed E-state index contributed by atoms with van der Waals surface area (Å²) in [5.74, 6) is -0.384. The number of benzene rings is 2. The van der Waals surface area contributed by atoms with Crippen LogP contribution in [0.5, 0.6) is 0 Å². The highest BCUT2D eigenvalue weighted by atomic mass is 127. The lowest BCUT2D eigenvalue weighted by molar-refractivity contribution is 0.528. The monoisotopic (exact) mass is 433 g/mol. The van der Waals surface area contributed by atoms with Crippen molar-refractivity contribution in [3.05, 3.63) is 66.7 Å². The molecule has 3 rings (SSSR count). The number of nitrogens with zero attached hydrogens (tertiary/aromatic N) is 1. The van der Waals surface area contributed by atoms with E-state index in [1.54, 1.807) is 13.1 Å². The van der Waals surface area contributed by atoms with Crippen molar-refractivity contribution in [1.29, 1.82) is 0 Å². The van der Waals surface area contributed by atoms with Crippen molar-refractivity contribution < 1.29 is 4.42 Å². The number of halogens is 3. The quantitative estimate of drug-likeness (QED) is 0.433. The molecule has 1 unspecified atom stereocenters. The fourth-order valence-electron chi connectivity index (χ4n) is 2.20. The molecule has 0 saturated heterocycles. The van der Waals surface area contributed by atoms with Crippen molar-refractivity contribution in [2.75, 3.05) is 0 Å². The first-order valence-corrected chi connectivity index (χ1v) is 8.05. The van der Waals surface area contributed by atoms with Gasteiger partial charge in [-0.05, 0) is 64.0 Å². The average Bonchev–Trinajstić information content (AvgIpc) is 2.75. The van der Waals surface area contributed by atoms with Gasteiger partial charge in [0.1, 0.15) is 0 Å². The Hall–Kier alpha value is -0.980. The molecule has 1 heterocycles. The molecule has 1 aromatic heterocycles. The van der Waals surface area contributed by atoms with E-state index in [0.717, 1.165) is 20.2 Å². The minimum Gasteiger partial charge on any atom is -0.408 e. The van der Waals surface area contributed by atoms with Gasteiger partial charge in [-0.1, -0.05) is 17.7 Å². The fraction of sp³-hybridized carbons (Fsp3) is 0.133. The van der Waals surface area contributed by atoms with Gasteiger partial charge < -0.3 is 4.42 Å². The van der Waals surface area contributed by atoms with E-state index in [0.29, 0.717) is 10.6 Å². The predicted octanol–water partition coefficient (Wildman–Crippen LogP) is 4.72. The number of hydrogen-bond donors (Lipinski definition) is 0. The van der Waals surface area contributed by atoms with Crippen molar-refractivity contribution >= 4 is 56.9 Å². The highest BCUT2D eigenvalue weighted by molar-refractivity contribution is 14.1. The summed E-state index contributed by atoms with van der Waals surface area (Å²) in [6, 6.07) is 11.1. The number of alkyl halides is 1. The summed E-state index contributed by atoms with van der Waals surface area (Å²) in [5.41, 5.74) is 3.07. The van der Waals surface area contributed by atoms with Gasteiger partial charge >= 0.3 is 5.76 Å². The highest BCUT2D eigenvalue weighted by Crippen LogP contribution is 2.34. The predicted molar refractivity (Wildman–Crippen MR) is 93.3 cm³/mol. The molecule has 0 aliphatic carbocycles. The molecule has 108 valence electrons. The summed E-state index contributed by atoms with van der Waals surface area (Å²) in [7, 11) is 1.67. The molecule has 2 aromatic carbocycles. The fourth-order valence-corrected chi connectivity index (χ4v) is 3.52. The molecule has 3 nitrogen and oxygen atoms in total. The van der Waals surface area contributed by atoms with E-state index in [4.69, 9.17) is 27.6 Å². The summed E-state index contributed by atoms with van der Waals surface area (Å²) >= 11 is 14.8. The Morgan fingerprint density at radius 2 is 2.00 bits per heavy atom. The lowest BCUT2D eigenvalue weighted by Gasteiger charge is -2.12.